The minimum atomic E-state index is -1.02. The van der Waals surface area contributed by atoms with Crippen LogP contribution >= 0.6 is 0 Å². The predicted molar refractivity (Wildman–Crippen MR) is 130 cm³/mol. The number of aliphatic carboxylic acids is 1. The summed E-state index contributed by atoms with van der Waals surface area (Å²) in [4.78, 5) is 43.1. The van der Waals surface area contributed by atoms with Crippen LogP contribution in [0.5, 0.6) is 0 Å². The zero-order chi connectivity index (χ0) is 25.1. The topological polar surface area (TPSA) is 122 Å². The molecule has 0 saturated heterocycles. The van der Waals surface area contributed by atoms with Crippen molar-refractivity contribution in [2.45, 2.75) is 103 Å². The van der Waals surface area contributed by atoms with Crippen molar-refractivity contribution in [2.75, 3.05) is 13.3 Å². The Hall–Kier alpha value is -3.00. The second kappa shape index (κ2) is 24.6. The van der Waals surface area contributed by atoms with Crippen LogP contribution < -0.4 is 10.6 Å². The Morgan fingerprint density at radius 1 is 0.676 bits per heavy atom. The van der Waals surface area contributed by atoms with Gasteiger partial charge in [0.05, 0.1) is 0 Å². The number of nitrogens with one attached hydrogen (secondary N) is 2. The maximum absolute atomic E-state index is 11.4. The van der Waals surface area contributed by atoms with Crippen molar-refractivity contribution < 1.29 is 29.0 Å². The average molecular weight is 477 g/mol. The van der Waals surface area contributed by atoms with Gasteiger partial charge in [0, 0.05) is 25.7 Å². The molecule has 3 N–H and O–H groups in total. The molecular formula is C26H40N2O6. The summed E-state index contributed by atoms with van der Waals surface area (Å²) in [7, 11) is 0. The van der Waals surface area contributed by atoms with Gasteiger partial charge < -0.3 is 20.5 Å². The molecule has 0 bridgehead atoms. The van der Waals surface area contributed by atoms with E-state index in [0.29, 0.717) is 19.3 Å². The first-order valence-electron chi connectivity index (χ1n) is 12.3. The molecule has 8 nitrogen and oxygen atoms in total. The molecule has 0 radical (unpaired) electrons. The van der Waals surface area contributed by atoms with Gasteiger partial charge in [0.2, 0.25) is 11.8 Å². The number of rotatable bonds is 21. The van der Waals surface area contributed by atoms with Gasteiger partial charge in [-0.25, -0.2) is 0 Å². The Morgan fingerprint density at radius 3 is 1.59 bits per heavy atom. The molecule has 0 saturated carbocycles. The lowest BCUT2D eigenvalue weighted by Crippen LogP contribution is -2.28. The van der Waals surface area contributed by atoms with Gasteiger partial charge in [-0.3, -0.25) is 19.2 Å². The van der Waals surface area contributed by atoms with Gasteiger partial charge in [-0.05, 0) is 37.5 Å². The summed E-state index contributed by atoms with van der Waals surface area (Å²) in [5, 5.41) is 13.4. The lowest BCUT2D eigenvalue weighted by molar-refractivity contribution is -0.138. The zero-order valence-corrected chi connectivity index (χ0v) is 20.3. The number of carbonyl (C=O) groups is 4. The molecule has 0 aliphatic carbocycles. The molecule has 0 spiro atoms. The maximum Gasteiger partial charge on any atom is 0.322 e. The summed E-state index contributed by atoms with van der Waals surface area (Å²) >= 11 is 0. The molecule has 0 heterocycles. The second-order valence-electron chi connectivity index (χ2n) is 8.02. The van der Waals surface area contributed by atoms with Crippen LogP contribution in [0.3, 0.4) is 0 Å². The number of hydrogen-bond donors (Lipinski definition) is 3. The second-order valence-corrected chi connectivity index (χ2v) is 8.02. The van der Waals surface area contributed by atoms with Crippen molar-refractivity contribution in [1.29, 1.82) is 0 Å². The Morgan fingerprint density at radius 2 is 1.12 bits per heavy atom. The summed E-state index contributed by atoms with van der Waals surface area (Å²) in [6.07, 6.45) is 15.0. The maximum atomic E-state index is 11.4. The highest BCUT2D eigenvalue weighted by Gasteiger charge is 2.03. The van der Waals surface area contributed by atoms with Crippen LogP contribution in [0.25, 0.3) is 0 Å². The summed E-state index contributed by atoms with van der Waals surface area (Å²) in [6.45, 7) is -0.0538. The van der Waals surface area contributed by atoms with Crippen LogP contribution in [0.2, 0.25) is 0 Å². The van der Waals surface area contributed by atoms with Crippen molar-refractivity contribution >= 4 is 24.3 Å². The SMILES string of the molecule is O=COCNC(=O)CCCCCCCCC#CC#CCCCCCCCCC(=O)NCC(=O)O. The van der Waals surface area contributed by atoms with E-state index < -0.39 is 5.97 Å². The van der Waals surface area contributed by atoms with Crippen LogP contribution in [0.4, 0.5) is 0 Å². The third-order valence-electron chi connectivity index (χ3n) is 5.01. The normalized spacial score (nSPS) is 9.65. The van der Waals surface area contributed by atoms with Gasteiger partial charge in [0.25, 0.3) is 6.47 Å². The lowest BCUT2D eigenvalue weighted by atomic mass is 10.1. The molecule has 8 heteroatoms. The van der Waals surface area contributed by atoms with Gasteiger partial charge in [0.1, 0.15) is 6.54 Å². The van der Waals surface area contributed by atoms with Crippen LogP contribution in [-0.4, -0.2) is 42.6 Å². The first kappa shape index (κ1) is 31.0. The van der Waals surface area contributed by atoms with Crippen LogP contribution in [0, 0.1) is 23.7 Å². The number of carboxylic acids is 1. The predicted octanol–water partition coefficient (Wildman–Crippen LogP) is 3.68. The molecule has 0 unspecified atom stereocenters. The van der Waals surface area contributed by atoms with E-state index in [1.807, 2.05) is 0 Å². The number of carboxylic acid groups (broad SMARTS) is 1. The average Bonchev–Trinajstić information content (AvgIpc) is 2.81. The minimum Gasteiger partial charge on any atom is -0.480 e. The molecule has 0 atom stereocenters. The molecule has 190 valence electrons. The highest BCUT2D eigenvalue weighted by atomic mass is 16.5. The molecule has 0 fully saturated rings. The molecule has 34 heavy (non-hydrogen) atoms. The van der Waals surface area contributed by atoms with E-state index in [4.69, 9.17) is 5.11 Å². The molecule has 0 aromatic carbocycles. The van der Waals surface area contributed by atoms with Gasteiger partial charge >= 0.3 is 5.97 Å². The first-order valence-corrected chi connectivity index (χ1v) is 12.3. The Labute approximate surface area is 204 Å². The van der Waals surface area contributed by atoms with E-state index >= 15 is 0 Å². The van der Waals surface area contributed by atoms with Crippen molar-refractivity contribution in [1.82, 2.24) is 10.6 Å². The summed E-state index contributed by atoms with van der Waals surface area (Å²) in [5.41, 5.74) is 0. The molecule has 2 amide bonds. The largest absolute Gasteiger partial charge is 0.480 e. The van der Waals surface area contributed by atoms with E-state index in [9.17, 15) is 19.2 Å². The summed E-state index contributed by atoms with van der Waals surface area (Å²) in [5.74, 6) is 10.7. The number of carbonyl (C=O) groups excluding carboxylic acids is 3. The Bertz CT molecular complexity index is 700. The van der Waals surface area contributed by atoms with Gasteiger partial charge in [0.15, 0.2) is 6.73 Å². The van der Waals surface area contributed by atoms with Crippen molar-refractivity contribution in [3.63, 3.8) is 0 Å². The molecule has 0 aromatic rings. The summed E-state index contributed by atoms with van der Waals surface area (Å²) < 4.78 is 4.41. The fourth-order valence-electron chi connectivity index (χ4n) is 3.13. The quantitative estimate of drug-likeness (QED) is 0.101. The van der Waals surface area contributed by atoms with E-state index in [-0.39, 0.29) is 25.1 Å². The fourth-order valence-corrected chi connectivity index (χ4v) is 3.13. The number of unbranched alkanes of at least 4 members (excludes halogenated alkanes) is 12. The van der Waals surface area contributed by atoms with Crippen molar-refractivity contribution in [3.05, 3.63) is 0 Å². The number of hydrogen-bond acceptors (Lipinski definition) is 5. The highest BCUT2D eigenvalue weighted by molar-refractivity contribution is 5.81. The van der Waals surface area contributed by atoms with Crippen LogP contribution in [-0.2, 0) is 23.9 Å². The molecule has 0 rings (SSSR count). The van der Waals surface area contributed by atoms with E-state index in [0.717, 1.165) is 89.9 Å². The van der Waals surface area contributed by atoms with E-state index in [1.165, 1.54) is 0 Å². The lowest BCUT2D eigenvalue weighted by Gasteiger charge is -2.03. The summed E-state index contributed by atoms with van der Waals surface area (Å²) in [6, 6.07) is 0. The van der Waals surface area contributed by atoms with Gasteiger partial charge in [-0.2, -0.15) is 0 Å². The highest BCUT2D eigenvalue weighted by Crippen LogP contribution is 2.09. The molecule has 0 aliphatic heterocycles. The van der Waals surface area contributed by atoms with Crippen molar-refractivity contribution in [3.8, 4) is 23.7 Å². The van der Waals surface area contributed by atoms with Crippen LogP contribution in [0.1, 0.15) is 103 Å². The zero-order valence-electron chi connectivity index (χ0n) is 20.3. The molecule has 0 aliphatic rings. The number of amides is 2. The molecular weight excluding hydrogens is 436 g/mol. The Kier molecular flexibility index (Phi) is 22.5. The van der Waals surface area contributed by atoms with Gasteiger partial charge in [-0.1, -0.05) is 63.2 Å². The first-order chi connectivity index (χ1) is 16.6. The Balaban J connectivity index is 3.38. The van der Waals surface area contributed by atoms with Crippen molar-refractivity contribution in [2.24, 2.45) is 0 Å². The smallest absolute Gasteiger partial charge is 0.322 e. The molecule has 0 aromatic heterocycles. The van der Waals surface area contributed by atoms with E-state index in [2.05, 4.69) is 39.1 Å². The third-order valence-corrected chi connectivity index (χ3v) is 5.01. The minimum absolute atomic E-state index is 0.0577. The third kappa shape index (κ3) is 25.3. The standard InChI is InChI=1S/C26H40N2O6/c29-23-34-22-28-25(31)20-18-16-14-12-10-8-6-4-2-1-3-5-7-9-11-13-15-17-19-24(30)27-21-26(32)33/h23H,5-22H2,(H,27,30)(H,28,31)(H,32,33). The van der Waals surface area contributed by atoms with Gasteiger partial charge in [-0.15, -0.1) is 0 Å². The van der Waals surface area contributed by atoms with Crippen LogP contribution in [0.15, 0.2) is 0 Å². The number of ether oxygens (including phenoxy) is 1. The monoisotopic (exact) mass is 476 g/mol. The van der Waals surface area contributed by atoms with E-state index in [1.54, 1.807) is 0 Å². The fraction of sp³-hybridized carbons (Fsp3) is 0.692.